The highest BCUT2D eigenvalue weighted by Crippen LogP contribution is 2.39. The van der Waals surface area contributed by atoms with Crippen LogP contribution in [0.1, 0.15) is 16.8 Å². The summed E-state index contributed by atoms with van der Waals surface area (Å²) in [5.74, 6) is -0.00576. The predicted molar refractivity (Wildman–Crippen MR) is 93.8 cm³/mol. The van der Waals surface area contributed by atoms with Gasteiger partial charge in [-0.3, -0.25) is 4.57 Å². The van der Waals surface area contributed by atoms with E-state index in [0.717, 1.165) is 12.0 Å². The number of halogens is 1. The van der Waals surface area contributed by atoms with Crippen LogP contribution in [0.15, 0.2) is 42.2 Å². The van der Waals surface area contributed by atoms with Gasteiger partial charge >= 0.3 is 5.97 Å². The molecule has 1 unspecified atom stereocenters. The third-order valence-corrected chi connectivity index (χ3v) is 4.24. The van der Waals surface area contributed by atoms with E-state index in [1.165, 1.54) is 0 Å². The zero-order valence-electron chi connectivity index (χ0n) is 13.1. The minimum absolute atomic E-state index is 0.0989. The Bertz CT molecular complexity index is 983. The third kappa shape index (κ3) is 3.18. The Morgan fingerprint density at radius 3 is 2.96 bits per heavy atom. The fraction of sp³-hybridized carbons (Fsp3) is 0.176. The first-order valence-electron chi connectivity index (χ1n) is 7.70. The van der Waals surface area contributed by atoms with Gasteiger partial charge in [-0.15, -0.1) is 0 Å². The van der Waals surface area contributed by atoms with Crippen molar-refractivity contribution in [2.24, 2.45) is 5.92 Å². The van der Waals surface area contributed by atoms with Gasteiger partial charge in [-0.2, -0.15) is 9.97 Å². The number of hydrogen-bond acceptors (Lipinski definition) is 6. The maximum absolute atomic E-state index is 11.9. The smallest absolute Gasteiger partial charge is 0.338 e. The average Bonchev–Trinajstić information content (AvgIpc) is 3.23. The molecule has 1 aliphatic carbocycles. The highest BCUT2D eigenvalue weighted by atomic mass is 35.5. The van der Waals surface area contributed by atoms with Crippen LogP contribution in [0.2, 0.25) is 5.15 Å². The first-order valence-corrected chi connectivity index (χ1v) is 8.08. The quantitative estimate of drug-likeness (QED) is 0.571. The average molecular weight is 356 g/mol. The Morgan fingerprint density at radius 2 is 2.16 bits per heavy atom. The number of esters is 1. The van der Waals surface area contributed by atoms with E-state index < -0.39 is 0 Å². The zero-order chi connectivity index (χ0) is 17.4. The number of benzene rings is 1. The molecule has 0 amide bonds. The summed E-state index contributed by atoms with van der Waals surface area (Å²) in [5, 5.41) is 0.226. The monoisotopic (exact) mass is 355 g/mol. The van der Waals surface area contributed by atoms with Crippen molar-refractivity contribution in [2.45, 2.75) is 6.42 Å². The van der Waals surface area contributed by atoms with Crippen LogP contribution in [0.25, 0.3) is 17.4 Å². The van der Waals surface area contributed by atoms with Gasteiger partial charge in [0.15, 0.2) is 10.8 Å². The number of carbonyl (C=O) groups excluding carboxylic acids is 1. The first kappa shape index (κ1) is 15.6. The van der Waals surface area contributed by atoms with Crippen molar-refractivity contribution in [3.05, 3.63) is 52.9 Å². The maximum Gasteiger partial charge on any atom is 0.338 e. The fourth-order valence-electron chi connectivity index (χ4n) is 2.55. The number of nitrogens with two attached hydrogens (primary N) is 1. The standard InChI is InChI=1S/C17H14ClN5O2/c18-14-13-15(22-17(19)21-14)23(9-20-13)7-11-6-12(11)8-25-16(24)10-4-2-1-3-5-10/h1-5,7,9,12H,6,8H2,(H2,19,21,22)/b11-7-. The maximum atomic E-state index is 11.9. The van der Waals surface area contributed by atoms with E-state index in [-0.39, 0.29) is 23.0 Å². The van der Waals surface area contributed by atoms with Crippen LogP contribution >= 0.6 is 11.6 Å². The van der Waals surface area contributed by atoms with Gasteiger partial charge in [0.1, 0.15) is 11.8 Å². The Kier molecular flexibility index (Phi) is 3.85. The summed E-state index contributed by atoms with van der Waals surface area (Å²) in [5.41, 5.74) is 8.39. The molecule has 0 bridgehead atoms. The van der Waals surface area contributed by atoms with Crippen molar-refractivity contribution >= 4 is 40.9 Å². The molecule has 126 valence electrons. The van der Waals surface area contributed by atoms with E-state index in [0.29, 0.717) is 23.3 Å². The Hall–Kier alpha value is -2.93. The Balaban J connectivity index is 1.44. The van der Waals surface area contributed by atoms with Crippen LogP contribution in [-0.2, 0) is 4.74 Å². The summed E-state index contributed by atoms with van der Waals surface area (Å²) in [6.45, 7) is 0.351. The minimum atomic E-state index is -0.313. The molecule has 1 aromatic carbocycles. The minimum Gasteiger partial charge on any atom is -0.461 e. The number of anilines is 1. The number of rotatable bonds is 4. The summed E-state index contributed by atoms with van der Waals surface area (Å²) in [6, 6.07) is 8.94. The topological polar surface area (TPSA) is 95.9 Å². The normalized spacial score (nSPS) is 17.8. The summed E-state index contributed by atoms with van der Waals surface area (Å²) >= 11 is 6.01. The van der Waals surface area contributed by atoms with Gasteiger partial charge in [0.2, 0.25) is 5.95 Å². The lowest BCUT2D eigenvalue weighted by Crippen LogP contribution is -2.07. The summed E-state index contributed by atoms with van der Waals surface area (Å²) < 4.78 is 7.11. The van der Waals surface area contributed by atoms with E-state index in [2.05, 4.69) is 15.0 Å². The molecule has 0 aliphatic heterocycles. The number of nitrogens with zero attached hydrogens (tertiary/aromatic N) is 4. The van der Waals surface area contributed by atoms with E-state index in [1.54, 1.807) is 23.0 Å². The van der Waals surface area contributed by atoms with Crippen LogP contribution in [-0.4, -0.2) is 32.1 Å². The summed E-state index contributed by atoms with van der Waals surface area (Å²) in [7, 11) is 0. The molecule has 25 heavy (non-hydrogen) atoms. The van der Waals surface area contributed by atoms with Gasteiger partial charge in [-0.1, -0.05) is 29.8 Å². The first-order chi connectivity index (χ1) is 12.1. The predicted octanol–water partition coefficient (Wildman–Crippen LogP) is 2.78. The van der Waals surface area contributed by atoms with E-state index >= 15 is 0 Å². The van der Waals surface area contributed by atoms with E-state index in [9.17, 15) is 4.79 Å². The molecule has 1 saturated carbocycles. The molecule has 3 aromatic rings. The van der Waals surface area contributed by atoms with Crippen LogP contribution in [0.4, 0.5) is 5.95 Å². The number of imidazole rings is 1. The molecule has 4 rings (SSSR count). The molecular formula is C17H14ClN5O2. The number of nitrogen functional groups attached to an aromatic ring is 1. The molecule has 2 N–H and O–H groups in total. The second-order valence-electron chi connectivity index (χ2n) is 5.77. The number of ether oxygens (including phenoxy) is 1. The molecule has 2 aromatic heterocycles. The van der Waals surface area contributed by atoms with Crippen molar-refractivity contribution in [2.75, 3.05) is 12.3 Å². The molecule has 1 fully saturated rings. The molecule has 7 nitrogen and oxygen atoms in total. The van der Waals surface area contributed by atoms with E-state index in [1.807, 2.05) is 24.4 Å². The van der Waals surface area contributed by atoms with Crippen molar-refractivity contribution in [3.63, 3.8) is 0 Å². The van der Waals surface area contributed by atoms with E-state index in [4.69, 9.17) is 22.1 Å². The second kappa shape index (κ2) is 6.18. The molecule has 0 radical (unpaired) electrons. The van der Waals surface area contributed by atoms with Crippen LogP contribution in [0.3, 0.4) is 0 Å². The summed E-state index contributed by atoms with van der Waals surface area (Å²) in [6.07, 6.45) is 4.39. The third-order valence-electron chi connectivity index (χ3n) is 3.97. The van der Waals surface area contributed by atoms with Crippen LogP contribution in [0.5, 0.6) is 0 Å². The molecule has 8 heteroatoms. The lowest BCUT2D eigenvalue weighted by molar-refractivity contribution is 0.0491. The highest BCUT2D eigenvalue weighted by molar-refractivity contribution is 6.33. The van der Waals surface area contributed by atoms with Crippen LogP contribution in [0, 0.1) is 5.92 Å². The van der Waals surface area contributed by atoms with Gasteiger partial charge in [-0.25, -0.2) is 9.78 Å². The van der Waals surface area contributed by atoms with Gasteiger partial charge in [-0.05, 0) is 24.1 Å². The number of hydrogen-bond donors (Lipinski definition) is 1. The Morgan fingerprint density at radius 1 is 1.36 bits per heavy atom. The highest BCUT2D eigenvalue weighted by Gasteiger charge is 2.31. The van der Waals surface area contributed by atoms with Crippen molar-refractivity contribution in [1.29, 1.82) is 0 Å². The lowest BCUT2D eigenvalue weighted by Gasteiger charge is -2.02. The molecular weight excluding hydrogens is 342 g/mol. The molecule has 0 saturated heterocycles. The van der Waals surface area contributed by atoms with Gasteiger partial charge in [0.25, 0.3) is 0 Å². The second-order valence-corrected chi connectivity index (χ2v) is 6.12. The summed E-state index contributed by atoms with van der Waals surface area (Å²) in [4.78, 5) is 24.2. The number of aromatic nitrogens is 4. The van der Waals surface area contributed by atoms with Crippen molar-refractivity contribution in [1.82, 2.24) is 19.5 Å². The Labute approximate surface area is 148 Å². The largest absolute Gasteiger partial charge is 0.461 e. The molecule has 1 atom stereocenters. The SMILES string of the molecule is Nc1nc(Cl)c2ncn(/C=C3/CC3COC(=O)c3ccccc3)c2n1. The number of carbonyl (C=O) groups is 1. The van der Waals surface area contributed by atoms with Gasteiger partial charge in [0, 0.05) is 12.1 Å². The van der Waals surface area contributed by atoms with Gasteiger partial charge in [0.05, 0.1) is 12.2 Å². The van der Waals surface area contributed by atoms with Crippen molar-refractivity contribution in [3.8, 4) is 0 Å². The van der Waals surface area contributed by atoms with Crippen molar-refractivity contribution < 1.29 is 9.53 Å². The van der Waals surface area contributed by atoms with Gasteiger partial charge < -0.3 is 10.5 Å². The zero-order valence-corrected chi connectivity index (χ0v) is 13.8. The van der Waals surface area contributed by atoms with Crippen LogP contribution < -0.4 is 5.73 Å². The fourth-order valence-corrected chi connectivity index (χ4v) is 2.77. The lowest BCUT2D eigenvalue weighted by atomic mass is 10.2. The molecule has 2 heterocycles. The number of fused-ring (bicyclic) bond motifs is 1. The molecule has 0 spiro atoms. The molecule has 1 aliphatic rings.